The van der Waals surface area contributed by atoms with Crippen LogP contribution < -0.4 is 16.4 Å². The van der Waals surface area contributed by atoms with Gasteiger partial charge in [0.2, 0.25) is 0 Å². The number of nitrogens with zero attached hydrogens (tertiary/aromatic N) is 2. The zero-order valence-corrected chi connectivity index (χ0v) is 12.2. The van der Waals surface area contributed by atoms with Gasteiger partial charge in [0.05, 0.1) is 11.2 Å². The number of nitrogen functional groups attached to an aromatic ring is 2. The molecule has 106 valence electrons. The molecule has 0 bridgehead atoms. The number of anilines is 3. The van der Waals surface area contributed by atoms with Crippen LogP contribution in [0.2, 0.25) is 0 Å². The minimum absolute atomic E-state index is 0.732. The highest BCUT2D eigenvalue weighted by Gasteiger charge is 2.07. The molecule has 0 unspecified atom stereocenters. The Morgan fingerprint density at radius 1 is 0.905 bits per heavy atom. The first kappa shape index (κ1) is 13.2. The molecule has 1 aromatic heterocycles. The molecule has 3 aromatic rings. The number of benzene rings is 2. The van der Waals surface area contributed by atoms with Crippen LogP contribution in [0, 0.1) is 0 Å². The molecule has 1 heterocycles. The highest BCUT2D eigenvalue weighted by atomic mass is 15.1. The van der Waals surface area contributed by atoms with Gasteiger partial charge in [0, 0.05) is 42.1 Å². The van der Waals surface area contributed by atoms with Gasteiger partial charge in [0.25, 0.3) is 0 Å². The first-order valence-electron chi connectivity index (χ1n) is 6.78. The molecule has 0 spiro atoms. The Hall–Kier alpha value is -2.75. The summed E-state index contributed by atoms with van der Waals surface area (Å²) in [6.45, 7) is 0. The van der Waals surface area contributed by atoms with E-state index in [1.807, 2.05) is 61.5 Å². The summed E-state index contributed by atoms with van der Waals surface area (Å²) < 4.78 is 0. The van der Waals surface area contributed by atoms with Crippen molar-refractivity contribution in [1.82, 2.24) is 4.98 Å². The van der Waals surface area contributed by atoms with E-state index in [0.717, 1.165) is 39.2 Å². The molecule has 3 rings (SSSR count). The molecule has 0 amide bonds. The van der Waals surface area contributed by atoms with Gasteiger partial charge in [-0.2, -0.15) is 0 Å². The molecular formula is C17H18N4. The maximum Gasteiger partial charge on any atom is 0.0731 e. The Bertz CT molecular complexity index is 792. The normalized spacial score (nSPS) is 10.8. The Kier molecular flexibility index (Phi) is 3.14. The minimum atomic E-state index is 0.732. The predicted octanol–water partition coefficient (Wildman–Crippen LogP) is 3.13. The van der Waals surface area contributed by atoms with Gasteiger partial charge in [-0.05, 0) is 36.4 Å². The lowest BCUT2D eigenvalue weighted by molar-refractivity contribution is 1.13. The van der Waals surface area contributed by atoms with Gasteiger partial charge in [0.15, 0.2) is 0 Å². The molecule has 0 radical (unpaired) electrons. The van der Waals surface area contributed by atoms with Crippen molar-refractivity contribution < 1.29 is 0 Å². The molecule has 0 aliphatic heterocycles. The SMILES string of the molecule is CN(C)c1ccc2nc(-c3ccc(N)cc3)cc(N)c2c1. The van der Waals surface area contributed by atoms with Gasteiger partial charge in [-0.15, -0.1) is 0 Å². The fourth-order valence-electron chi connectivity index (χ4n) is 2.32. The second-order valence-corrected chi connectivity index (χ2v) is 5.31. The number of fused-ring (bicyclic) bond motifs is 1. The van der Waals surface area contributed by atoms with Crippen molar-refractivity contribution in [3.05, 3.63) is 48.5 Å². The van der Waals surface area contributed by atoms with Crippen molar-refractivity contribution in [1.29, 1.82) is 0 Å². The Labute approximate surface area is 124 Å². The molecule has 0 aliphatic rings. The van der Waals surface area contributed by atoms with Crippen molar-refractivity contribution in [3.63, 3.8) is 0 Å². The maximum atomic E-state index is 6.21. The first-order chi connectivity index (χ1) is 10.0. The predicted molar refractivity (Wildman–Crippen MR) is 90.3 cm³/mol. The Balaban J connectivity index is 2.15. The van der Waals surface area contributed by atoms with E-state index in [1.54, 1.807) is 0 Å². The largest absolute Gasteiger partial charge is 0.399 e. The zero-order valence-electron chi connectivity index (χ0n) is 12.2. The van der Waals surface area contributed by atoms with Gasteiger partial charge in [-0.3, -0.25) is 0 Å². The van der Waals surface area contributed by atoms with Crippen LogP contribution in [0.15, 0.2) is 48.5 Å². The summed E-state index contributed by atoms with van der Waals surface area (Å²) in [7, 11) is 4.01. The topological polar surface area (TPSA) is 68.2 Å². The lowest BCUT2D eigenvalue weighted by atomic mass is 10.1. The molecule has 0 aliphatic carbocycles. The molecule has 0 fully saturated rings. The van der Waals surface area contributed by atoms with E-state index in [9.17, 15) is 0 Å². The number of pyridine rings is 1. The summed E-state index contributed by atoms with van der Waals surface area (Å²) in [6.07, 6.45) is 0. The fourth-order valence-corrected chi connectivity index (χ4v) is 2.32. The second-order valence-electron chi connectivity index (χ2n) is 5.31. The Morgan fingerprint density at radius 3 is 2.29 bits per heavy atom. The first-order valence-corrected chi connectivity index (χ1v) is 6.78. The van der Waals surface area contributed by atoms with Crippen LogP contribution in [-0.4, -0.2) is 19.1 Å². The average molecular weight is 278 g/mol. The highest BCUT2D eigenvalue weighted by Crippen LogP contribution is 2.29. The maximum absolute atomic E-state index is 6.21. The van der Waals surface area contributed by atoms with Crippen molar-refractivity contribution in [2.45, 2.75) is 0 Å². The van der Waals surface area contributed by atoms with Crippen molar-refractivity contribution in [3.8, 4) is 11.3 Å². The van der Waals surface area contributed by atoms with E-state index in [-0.39, 0.29) is 0 Å². The lowest BCUT2D eigenvalue weighted by Crippen LogP contribution is -2.08. The van der Waals surface area contributed by atoms with Crippen LogP contribution in [0.5, 0.6) is 0 Å². The molecule has 4 N–H and O–H groups in total. The molecule has 4 nitrogen and oxygen atoms in total. The lowest BCUT2D eigenvalue weighted by Gasteiger charge is -2.14. The van der Waals surface area contributed by atoms with Crippen LogP contribution in [-0.2, 0) is 0 Å². The molecule has 21 heavy (non-hydrogen) atoms. The van der Waals surface area contributed by atoms with Gasteiger partial charge in [0.1, 0.15) is 0 Å². The van der Waals surface area contributed by atoms with Gasteiger partial charge < -0.3 is 16.4 Å². The number of hydrogen-bond donors (Lipinski definition) is 2. The molecular weight excluding hydrogens is 260 g/mol. The van der Waals surface area contributed by atoms with Crippen molar-refractivity contribution in [2.24, 2.45) is 0 Å². The fraction of sp³-hybridized carbons (Fsp3) is 0.118. The molecule has 0 atom stereocenters. The molecule has 2 aromatic carbocycles. The standard InChI is InChI=1S/C17H18N4/c1-21(2)13-7-8-16-14(9-13)15(19)10-17(20-16)11-3-5-12(18)6-4-11/h3-10H,18H2,1-2H3,(H2,19,20). The third-order valence-electron chi connectivity index (χ3n) is 3.55. The number of hydrogen-bond acceptors (Lipinski definition) is 4. The monoisotopic (exact) mass is 278 g/mol. The number of rotatable bonds is 2. The van der Waals surface area contributed by atoms with E-state index >= 15 is 0 Å². The van der Waals surface area contributed by atoms with Crippen LogP contribution in [0.1, 0.15) is 0 Å². The smallest absolute Gasteiger partial charge is 0.0731 e. The minimum Gasteiger partial charge on any atom is -0.399 e. The summed E-state index contributed by atoms with van der Waals surface area (Å²) >= 11 is 0. The molecule has 4 heteroatoms. The van der Waals surface area contributed by atoms with E-state index in [4.69, 9.17) is 16.5 Å². The van der Waals surface area contributed by atoms with Gasteiger partial charge in [-0.1, -0.05) is 12.1 Å². The molecule has 0 saturated carbocycles. The second kappa shape index (κ2) is 4.98. The third-order valence-corrected chi connectivity index (χ3v) is 3.55. The summed E-state index contributed by atoms with van der Waals surface area (Å²) in [5.74, 6) is 0. The van der Waals surface area contributed by atoms with Crippen LogP contribution in [0.3, 0.4) is 0 Å². The summed E-state index contributed by atoms with van der Waals surface area (Å²) in [5.41, 5.74) is 17.3. The van der Waals surface area contributed by atoms with E-state index in [2.05, 4.69) is 6.07 Å². The quantitative estimate of drug-likeness (QED) is 0.707. The zero-order chi connectivity index (χ0) is 15.0. The van der Waals surface area contributed by atoms with Crippen LogP contribution >= 0.6 is 0 Å². The summed E-state index contributed by atoms with van der Waals surface area (Å²) in [4.78, 5) is 6.75. The third kappa shape index (κ3) is 2.48. The highest BCUT2D eigenvalue weighted by molar-refractivity contribution is 5.94. The van der Waals surface area contributed by atoms with E-state index in [0.29, 0.717) is 0 Å². The van der Waals surface area contributed by atoms with Crippen molar-refractivity contribution in [2.75, 3.05) is 30.5 Å². The van der Waals surface area contributed by atoms with Crippen molar-refractivity contribution >= 4 is 28.0 Å². The molecule has 0 saturated heterocycles. The Morgan fingerprint density at radius 2 is 1.62 bits per heavy atom. The van der Waals surface area contributed by atoms with Crippen LogP contribution in [0.25, 0.3) is 22.2 Å². The summed E-state index contributed by atoms with van der Waals surface area (Å²) in [6, 6.07) is 15.7. The van der Waals surface area contributed by atoms with Gasteiger partial charge in [-0.25, -0.2) is 4.98 Å². The number of aromatic nitrogens is 1. The summed E-state index contributed by atoms with van der Waals surface area (Å²) in [5, 5.41) is 0.973. The number of nitrogens with two attached hydrogens (primary N) is 2. The van der Waals surface area contributed by atoms with Gasteiger partial charge >= 0.3 is 0 Å². The van der Waals surface area contributed by atoms with E-state index in [1.165, 1.54) is 0 Å². The van der Waals surface area contributed by atoms with E-state index < -0.39 is 0 Å². The van der Waals surface area contributed by atoms with Crippen LogP contribution in [0.4, 0.5) is 17.1 Å². The average Bonchev–Trinajstić information content (AvgIpc) is 2.47.